The molecule has 0 radical (unpaired) electrons. The molecule has 3 heterocycles. The first-order valence-corrected chi connectivity index (χ1v) is 9.53. The molecule has 4 aromatic rings. The van der Waals surface area contributed by atoms with Crippen LogP contribution in [-0.4, -0.2) is 15.8 Å². The van der Waals surface area contributed by atoms with Crippen LogP contribution in [0.3, 0.4) is 0 Å². The maximum absolute atomic E-state index is 13.4. The van der Waals surface area contributed by atoms with Crippen molar-refractivity contribution >= 4 is 28.5 Å². The monoisotopic (exact) mass is 402 g/mol. The molecule has 5 nitrogen and oxygen atoms in total. The van der Waals surface area contributed by atoms with Crippen molar-refractivity contribution in [2.45, 2.75) is 12.6 Å². The first kappa shape index (κ1) is 17.6. The zero-order valence-corrected chi connectivity index (χ0v) is 16.0. The minimum Gasteiger partial charge on any atom is -0.450 e. The van der Waals surface area contributed by atoms with E-state index >= 15 is 0 Å². The summed E-state index contributed by atoms with van der Waals surface area (Å²) < 4.78 is 5.89. The third-order valence-corrected chi connectivity index (χ3v) is 5.33. The lowest BCUT2D eigenvalue weighted by molar-refractivity contribution is 0.0712. The second-order valence-electron chi connectivity index (χ2n) is 6.89. The third-order valence-electron chi connectivity index (χ3n) is 5.09. The number of carbonyl (C=O) groups excluding carboxylic acids is 1. The SMILES string of the molecule is O=C1c2oc3ccc(Cl)cc3c(=O)c2C(c2ccccn2)N1Cc1ccccc1. The summed E-state index contributed by atoms with van der Waals surface area (Å²) in [6, 6.07) is 19.3. The molecular formula is C23H15ClN2O3. The molecule has 2 aromatic carbocycles. The number of nitrogens with zero attached hydrogens (tertiary/aromatic N) is 2. The van der Waals surface area contributed by atoms with Crippen molar-refractivity contribution in [3.63, 3.8) is 0 Å². The Morgan fingerprint density at radius 1 is 1.00 bits per heavy atom. The van der Waals surface area contributed by atoms with Crippen LogP contribution in [0.5, 0.6) is 0 Å². The number of amides is 1. The number of pyridine rings is 1. The van der Waals surface area contributed by atoms with Gasteiger partial charge < -0.3 is 9.32 Å². The Balaban J connectivity index is 1.74. The lowest BCUT2D eigenvalue weighted by Gasteiger charge is -2.24. The smallest absolute Gasteiger partial charge is 0.291 e. The van der Waals surface area contributed by atoms with E-state index in [-0.39, 0.29) is 17.1 Å². The minimum atomic E-state index is -0.626. The van der Waals surface area contributed by atoms with Crippen molar-refractivity contribution in [3.05, 3.63) is 111 Å². The van der Waals surface area contributed by atoms with Gasteiger partial charge in [-0.1, -0.05) is 48.0 Å². The Bertz CT molecular complexity index is 1290. The Morgan fingerprint density at radius 2 is 1.79 bits per heavy atom. The average molecular weight is 403 g/mol. The van der Waals surface area contributed by atoms with Gasteiger partial charge in [-0.2, -0.15) is 0 Å². The van der Waals surface area contributed by atoms with E-state index in [9.17, 15) is 9.59 Å². The summed E-state index contributed by atoms with van der Waals surface area (Å²) in [6.07, 6.45) is 1.65. The molecule has 1 unspecified atom stereocenters. The summed E-state index contributed by atoms with van der Waals surface area (Å²) in [7, 11) is 0. The van der Waals surface area contributed by atoms with Crippen LogP contribution in [0.2, 0.25) is 5.02 Å². The highest BCUT2D eigenvalue weighted by Gasteiger charge is 2.43. The van der Waals surface area contributed by atoms with Gasteiger partial charge in [0.2, 0.25) is 5.76 Å². The van der Waals surface area contributed by atoms with Crippen LogP contribution in [0.15, 0.2) is 82.1 Å². The molecule has 1 aliphatic heterocycles. The molecule has 0 aliphatic carbocycles. The molecule has 142 valence electrons. The van der Waals surface area contributed by atoms with Gasteiger partial charge in [0.05, 0.1) is 16.6 Å². The largest absolute Gasteiger partial charge is 0.450 e. The molecule has 6 heteroatoms. The van der Waals surface area contributed by atoms with Crippen LogP contribution < -0.4 is 5.43 Å². The molecule has 5 rings (SSSR count). The fourth-order valence-electron chi connectivity index (χ4n) is 3.78. The maximum atomic E-state index is 13.4. The lowest BCUT2D eigenvalue weighted by Crippen LogP contribution is -2.29. The second kappa shape index (κ2) is 6.87. The minimum absolute atomic E-state index is 0.0661. The van der Waals surface area contributed by atoms with Gasteiger partial charge in [0.25, 0.3) is 5.91 Å². The molecule has 0 N–H and O–H groups in total. The molecule has 0 fully saturated rings. The van der Waals surface area contributed by atoms with Crippen molar-refractivity contribution in [2.24, 2.45) is 0 Å². The summed E-state index contributed by atoms with van der Waals surface area (Å²) in [5.41, 5.74) is 1.95. The van der Waals surface area contributed by atoms with Gasteiger partial charge in [0.1, 0.15) is 11.6 Å². The van der Waals surface area contributed by atoms with Gasteiger partial charge in [-0.25, -0.2) is 0 Å². The van der Waals surface area contributed by atoms with Gasteiger partial charge >= 0.3 is 0 Å². The van der Waals surface area contributed by atoms with E-state index in [1.54, 1.807) is 35.4 Å². The molecule has 1 aliphatic rings. The van der Waals surface area contributed by atoms with E-state index in [1.165, 1.54) is 0 Å². The van der Waals surface area contributed by atoms with Crippen molar-refractivity contribution in [3.8, 4) is 0 Å². The summed E-state index contributed by atoms with van der Waals surface area (Å²) in [6.45, 7) is 0.335. The lowest BCUT2D eigenvalue weighted by atomic mass is 10.0. The highest BCUT2D eigenvalue weighted by Crippen LogP contribution is 2.38. The predicted octanol–water partition coefficient (Wildman–Crippen LogP) is 4.59. The van der Waals surface area contributed by atoms with Gasteiger partial charge in [-0.05, 0) is 35.9 Å². The van der Waals surface area contributed by atoms with Crippen LogP contribution in [0.4, 0.5) is 0 Å². The van der Waals surface area contributed by atoms with E-state index in [4.69, 9.17) is 16.0 Å². The Morgan fingerprint density at radius 3 is 2.55 bits per heavy atom. The normalized spacial score (nSPS) is 15.7. The summed E-state index contributed by atoms with van der Waals surface area (Å²) >= 11 is 6.09. The van der Waals surface area contributed by atoms with E-state index in [0.717, 1.165) is 5.56 Å². The first-order chi connectivity index (χ1) is 14.1. The fraction of sp³-hybridized carbons (Fsp3) is 0.0870. The highest BCUT2D eigenvalue weighted by molar-refractivity contribution is 6.31. The van der Waals surface area contributed by atoms with Crippen molar-refractivity contribution in [1.29, 1.82) is 0 Å². The number of benzene rings is 2. The number of rotatable bonds is 3. The van der Waals surface area contributed by atoms with Crippen LogP contribution in [0, 0.1) is 0 Å². The van der Waals surface area contributed by atoms with Gasteiger partial charge in [0.15, 0.2) is 5.43 Å². The number of aromatic nitrogens is 1. The molecule has 1 atom stereocenters. The van der Waals surface area contributed by atoms with Crippen molar-refractivity contribution < 1.29 is 9.21 Å². The molecule has 0 bridgehead atoms. The van der Waals surface area contributed by atoms with Gasteiger partial charge in [-0.3, -0.25) is 14.6 Å². The van der Waals surface area contributed by atoms with E-state index in [1.807, 2.05) is 42.5 Å². The molecule has 1 amide bonds. The number of carbonyl (C=O) groups is 1. The number of fused-ring (bicyclic) bond motifs is 2. The van der Waals surface area contributed by atoms with Gasteiger partial charge in [-0.15, -0.1) is 0 Å². The average Bonchev–Trinajstić information content (AvgIpc) is 3.02. The zero-order chi connectivity index (χ0) is 20.0. The number of halogens is 1. The quantitative estimate of drug-likeness (QED) is 0.503. The van der Waals surface area contributed by atoms with E-state index in [0.29, 0.717) is 33.8 Å². The summed E-state index contributed by atoms with van der Waals surface area (Å²) in [4.78, 5) is 32.7. The van der Waals surface area contributed by atoms with Gasteiger partial charge in [0, 0.05) is 17.8 Å². The zero-order valence-electron chi connectivity index (χ0n) is 15.2. The summed E-state index contributed by atoms with van der Waals surface area (Å²) in [5.74, 6) is -0.259. The molecule has 2 aromatic heterocycles. The third kappa shape index (κ3) is 2.91. The fourth-order valence-corrected chi connectivity index (χ4v) is 3.95. The maximum Gasteiger partial charge on any atom is 0.291 e. The summed E-state index contributed by atoms with van der Waals surface area (Å²) in [5, 5.41) is 0.788. The van der Waals surface area contributed by atoms with Crippen molar-refractivity contribution in [2.75, 3.05) is 0 Å². The standard InChI is InChI=1S/C23H15ClN2O3/c24-15-9-10-18-16(12-15)21(27)19-20(17-8-4-5-11-25-17)26(23(28)22(19)29-18)13-14-6-2-1-3-7-14/h1-12,20H,13H2. The molecular weight excluding hydrogens is 388 g/mol. The first-order valence-electron chi connectivity index (χ1n) is 9.15. The Labute approximate surface area is 171 Å². The van der Waals surface area contributed by atoms with E-state index in [2.05, 4.69) is 4.98 Å². The van der Waals surface area contributed by atoms with Crippen LogP contribution >= 0.6 is 11.6 Å². The van der Waals surface area contributed by atoms with E-state index < -0.39 is 6.04 Å². The number of hydrogen-bond donors (Lipinski definition) is 0. The topological polar surface area (TPSA) is 63.4 Å². The second-order valence-corrected chi connectivity index (χ2v) is 7.33. The van der Waals surface area contributed by atoms with Crippen LogP contribution in [-0.2, 0) is 6.54 Å². The highest BCUT2D eigenvalue weighted by atomic mass is 35.5. The number of hydrogen-bond acceptors (Lipinski definition) is 4. The Kier molecular flexibility index (Phi) is 4.18. The molecule has 0 saturated heterocycles. The molecule has 29 heavy (non-hydrogen) atoms. The Hall–Kier alpha value is -3.44. The van der Waals surface area contributed by atoms with Crippen LogP contribution in [0.25, 0.3) is 11.0 Å². The van der Waals surface area contributed by atoms with Crippen LogP contribution in [0.1, 0.15) is 33.4 Å². The molecule has 0 saturated carbocycles. The predicted molar refractivity (Wildman–Crippen MR) is 110 cm³/mol. The molecule has 0 spiro atoms. The van der Waals surface area contributed by atoms with Crippen molar-refractivity contribution in [1.82, 2.24) is 9.88 Å².